The zero-order valence-corrected chi connectivity index (χ0v) is 67.7. The van der Waals surface area contributed by atoms with Crippen LogP contribution in [-0.4, -0.2) is 94.6 Å². The van der Waals surface area contributed by atoms with E-state index in [9.17, 15) is 0 Å². The van der Waals surface area contributed by atoms with E-state index in [1.807, 2.05) is 72.8 Å². The average molecular weight is 1520 g/mol. The Balaban J connectivity index is 0.000000135. The molecule has 116 heavy (non-hydrogen) atoms. The maximum atomic E-state index is 5.12. The van der Waals surface area contributed by atoms with Gasteiger partial charge in [-0.3, -0.25) is 0 Å². The molecule has 0 amide bonds. The average Bonchev–Trinajstić information content (AvgIpc) is 1.64. The van der Waals surface area contributed by atoms with E-state index < -0.39 is 0 Å². The van der Waals surface area contributed by atoms with Gasteiger partial charge in [0.05, 0.1) is 45.6 Å². The number of anilines is 4. The summed E-state index contributed by atoms with van der Waals surface area (Å²) in [5.41, 5.74) is 26.5. The van der Waals surface area contributed by atoms with Gasteiger partial charge in [0.25, 0.3) is 0 Å². The van der Waals surface area contributed by atoms with Crippen LogP contribution in [0.5, 0.6) is 0 Å². The molecule has 0 aliphatic rings. The van der Waals surface area contributed by atoms with Gasteiger partial charge in [-0.1, -0.05) is 267 Å². The summed E-state index contributed by atoms with van der Waals surface area (Å²) in [7, 11) is 16.4. The summed E-state index contributed by atoms with van der Waals surface area (Å²) in [6.45, 7) is 18.7. The second-order valence-electron chi connectivity index (χ2n) is 28.8. The third-order valence-electron chi connectivity index (χ3n) is 20.1. The van der Waals surface area contributed by atoms with Gasteiger partial charge in [0, 0.05) is 172 Å². The third kappa shape index (κ3) is 18.4. The zero-order chi connectivity index (χ0) is 80.9. The molecule has 4 aromatic heterocycles. The number of benzene rings is 12. The van der Waals surface area contributed by atoms with Crippen molar-refractivity contribution in [3.05, 3.63) is 390 Å². The van der Waals surface area contributed by atoms with Crippen LogP contribution in [0.3, 0.4) is 0 Å². The molecule has 576 valence electrons. The van der Waals surface area contributed by atoms with E-state index >= 15 is 0 Å². The predicted octanol–water partition coefficient (Wildman–Crippen LogP) is 24.5. The molecule has 0 atom stereocenters. The van der Waals surface area contributed by atoms with Crippen molar-refractivity contribution in [2.24, 2.45) is 0 Å². The second-order valence-corrected chi connectivity index (χ2v) is 28.8. The second kappa shape index (κ2) is 38.2. The van der Waals surface area contributed by atoms with E-state index in [2.05, 4.69) is 412 Å². The maximum absolute atomic E-state index is 5.12. The summed E-state index contributed by atoms with van der Waals surface area (Å²) in [4.78, 5) is 28.9. The minimum Gasteiger partial charge on any atom is -0.378 e. The standard InChI is InChI=1S/4C26H25N3/c4*1-4-19-29-25(21-13-9-6-10-14-21)24(20-11-7-5-8-12-20)27-26(29)22-15-17-23(18-16-22)28(2)3/h4*4-18H,1,19H2,2-3H3. The Morgan fingerprint density at radius 3 is 0.483 bits per heavy atom. The van der Waals surface area contributed by atoms with E-state index in [0.29, 0.717) is 26.2 Å². The fraction of sp³-hybridized carbons (Fsp3) is 0.115. The summed E-state index contributed by atoms with van der Waals surface area (Å²) in [6, 6.07) is 118. The van der Waals surface area contributed by atoms with Crippen LogP contribution in [0, 0.1) is 0 Å². The molecule has 0 bridgehead atoms. The van der Waals surface area contributed by atoms with Crippen LogP contribution in [-0.2, 0) is 26.2 Å². The molecular formula is C104H100N12. The van der Waals surface area contributed by atoms with Crippen molar-refractivity contribution in [3.8, 4) is 136 Å². The van der Waals surface area contributed by atoms with Gasteiger partial charge in [-0.05, 0) is 97.1 Å². The molecule has 16 rings (SSSR count). The van der Waals surface area contributed by atoms with Crippen LogP contribution >= 0.6 is 0 Å². The summed E-state index contributed by atoms with van der Waals surface area (Å²) in [5.74, 6) is 3.81. The molecule has 4 heterocycles. The topological polar surface area (TPSA) is 84.2 Å². The van der Waals surface area contributed by atoms with Crippen molar-refractivity contribution in [2.75, 3.05) is 76.0 Å². The quantitative estimate of drug-likeness (QED) is 0.0553. The lowest BCUT2D eigenvalue weighted by molar-refractivity contribution is 0.840. The van der Waals surface area contributed by atoms with Crippen molar-refractivity contribution in [1.82, 2.24) is 38.2 Å². The number of rotatable bonds is 24. The van der Waals surface area contributed by atoms with Crippen LogP contribution < -0.4 is 19.6 Å². The summed E-state index contributed by atoms with van der Waals surface area (Å²) >= 11 is 0. The fourth-order valence-electron chi connectivity index (χ4n) is 14.3. The number of hydrogen-bond acceptors (Lipinski definition) is 8. The van der Waals surface area contributed by atoms with Crippen molar-refractivity contribution in [2.45, 2.75) is 26.2 Å². The van der Waals surface area contributed by atoms with E-state index in [4.69, 9.17) is 19.9 Å². The number of hydrogen-bond donors (Lipinski definition) is 0. The van der Waals surface area contributed by atoms with Crippen LogP contribution in [0.4, 0.5) is 22.7 Å². The minimum absolute atomic E-state index is 0.689. The lowest BCUT2D eigenvalue weighted by atomic mass is 10.0. The normalized spacial score (nSPS) is 10.7. The van der Waals surface area contributed by atoms with Gasteiger partial charge < -0.3 is 37.9 Å². The molecule has 12 aromatic carbocycles. The van der Waals surface area contributed by atoms with Crippen LogP contribution in [0.25, 0.3) is 136 Å². The summed E-state index contributed by atoms with van der Waals surface area (Å²) in [6.07, 6.45) is 7.72. The van der Waals surface area contributed by atoms with Gasteiger partial charge in [0.1, 0.15) is 23.3 Å². The Morgan fingerprint density at radius 1 is 0.198 bits per heavy atom. The molecule has 0 unspecified atom stereocenters. The zero-order valence-electron chi connectivity index (χ0n) is 67.7. The number of allylic oxidation sites excluding steroid dienone is 4. The van der Waals surface area contributed by atoms with Gasteiger partial charge in [-0.25, -0.2) is 19.9 Å². The summed E-state index contributed by atoms with van der Waals surface area (Å²) < 4.78 is 9.04. The molecule has 0 N–H and O–H groups in total. The fourth-order valence-corrected chi connectivity index (χ4v) is 14.3. The van der Waals surface area contributed by atoms with E-state index in [1.165, 1.54) is 22.7 Å². The molecule has 16 aromatic rings. The monoisotopic (exact) mass is 1520 g/mol. The first-order valence-corrected chi connectivity index (χ1v) is 39.2. The van der Waals surface area contributed by atoms with Gasteiger partial charge in [0.2, 0.25) is 0 Å². The van der Waals surface area contributed by atoms with E-state index in [0.717, 1.165) is 136 Å². The van der Waals surface area contributed by atoms with Crippen molar-refractivity contribution >= 4 is 22.7 Å². The molecule has 0 spiro atoms. The Labute approximate surface area is 684 Å². The first kappa shape index (κ1) is 79.7. The van der Waals surface area contributed by atoms with E-state index in [1.54, 1.807) is 0 Å². The SMILES string of the molecule is C=CCn1c(-c2ccc(N(C)C)cc2)nc(-c2ccccc2)c1-c1ccccc1.C=CCn1c(-c2ccc(N(C)C)cc2)nc(-c2ccccc2)c1-c1ccccc1.C=CCn1c(-c2ccc(N(C)C)cc2)nc(-c2ccccc2)c1-c1ccccc1.C=CCn1c(-c2ccc(N(C)C)cc2)nc(-c2ccccc2)c1-c1ccccc1. The Bertz CT molecular complexity index is 5100. The van der Waals surface area contributed by atoms with Gasteiger partial charge in [-0.2, -0.15) is 0 Å². The number of imidazole rings is 4. The van der Waals surface area contributed by atoms with Crippen LogP contribution in [0.15, 0.2) is 390 Å². The Hall–Kier alpha value is -14.4. The predicted molar refractivity (Wildman–Crippen MR) is 492 cm³/mol. The van der Waals surface area contributed by atoms with Gasteiger partial charge >= 0.3 is 0 Å². The lowest BCUT2D eigenvalue weighted by Crippen LogP contribution is -2.08. The lowest BCUT2D eigenvalue weighted by Gasteiger charge is -2.14. The highest BCUT2D eigenvalue weighted by Gasteiger charge is 2.26. The molecule has 0 aliphatic carbocycles. The first-order valence-electron chi connectivity index (χ1n) is 39.2. The summed E-state index contributed by atoms with van der Waals surface area (Å²) in [5, 5.41) is 0. The van der Waals surface area contributed by atoms with E-state index in [-0.39, 0.29) is 0 Å². The molecule has 0 saturated carbocycles. The molecule has 0 radical (unpaired) electrons. The number of aromatic nitrogens is 8. The Kier molecular flexibility index (Phi) is 26.3. The maximum Gasteiger partial charge on any atom is 0.141 e. The third-order valence-corrected chi connectivity index (χ3v) is 20.1. The largest absolute Gasteiger partial charge is 0.378 e. The molecular weight excluding hydrogens is 1420 g/mol. The van der Waals surface area contributed by atoms with Gasteiger partial charge in [0.15, 0.2) is 0 Å². The molecule has 0 fully saturated rings. The van der Waals surface area contributed by atoms with Crippen LogP contribution in [0.2, 0.25) is 0 Å². The molecule has 0 aliphatic heterocycles. The molecule has 0 saturated heterocycles. The highest BCUT2D eigenvalue weighted by atomic mass is 15.1. The van der Waals surface area contributed by atoms with Crippen molar-refractivity contribution < 1.29 is 0 Å². The smallest absolute Gasteiger partial charge is 0.141 e. The van der Waals surface area contributed by atoms with Crippen LogP contribution in [0.1, 0.15) is 0 Å². The first-order chi connectivity index (χ1) is 56.7. The minimum atomic E-state index is 0.689. The Morgan fingerprint density at radius 2 is 0.345 bits per heavy atom. The number of nitrogens with zero attached hydrogens (tertiary/aromatic N) is 12. The van der Waals surface area contributed by atoms with Crippen molar-refractivity contribution in [1.29, 1.82) is 0 Å². The van der Waals surface area contributed by atoms with Gasteiger partial charge in [-0.15, -0.1) is 26.3 Å². The highest BCUT2D eigenvalue weighted by Crippen LogP contribution is 2.42. The highest BCUT2D eigenvalue weighted by molar-refractivity contribution is 5.87. The molecule has 12 nitrogen and oxygen atoms in total. The van der Waals surface area contributed by atoms with Crippen molar-refractivity contribution in [3.63, 3.8) is 0 Å². The molecule has 12 heteroatoms.